The molecule has 5 aliphatic carbocycles. The molecule has 1 heterocycles. The number of nitrogens with zero attached hydrogens (tertiary/aromatic N) is 1. The maximum absolute atomic E-state index is 6.24. The van der Waals surface area contributed by atoms with Gasteiger partial charge in [-0.05, 0) is 184 Å². The lowest BCUT2D eigenvalue weighted by atomic mass is 9.72. The molecule has 0 saturated heterocycles. The Balaban J connectivity index is 1.04. The van der Waals surface area contributed by atoms with Crippen molar-refractivity contribution in [2.45, 2.75) is 63.8 Å². The number of allylic oxidation sites excluding steroid dienone is 4. The van der Waals surface area contributed by atoms with E-state index >= 15 is 0 Å². The number of hydrogen-bond acceptors (Lipinski definition) is 2. The number of anilines is 2. The first-order chi connectivity index (χ1) is 28.8. The Hall–Kier alpha value is -6.38. The number of fused-ring (bicyclic) bond motifs is 14. The number of rotatable bonds is 5. The predicted molar refractivity (Wildman–Crippen MR) is 245 cm³/mol. The standard InChI is InChI=1S/C56H45NO/c1-3-16-40(17-4-1)57(41-18-5-2-6-19-41)42-28-30-49-50(35-42)45-29-26-38(34-52(45)56-48-24-10-8-21-44(48)43-20-7-9-23-47(43)55(49)56)36-14-13-15-37(32-36)39-27-31-54-51(33-39)46-22-11-12-25-53(46)58-54/h1-6,9-10,12-19,23-25,27-28,30-34,42H,7-8,11,20-22,26,29,35H2. The molecule has 0 radical (unpaired) electrons. The average Bonchev–Trinajstić information content (AvgIpc) is 3.67. The van der Waals surface area contributed by atoms with Gasteiger partial charge in [-0.3, -0.25) is 0 Å². The molecule has 12 rings (SSSR count). The first-order valence-corrected chi connectivity index (χ1v) is 21.4. The Morgan fingerprint density at radius 1 is 0.483 bits per heavy atom. The van der Waals surface area contributed by atoms with Gasteiger partial charge in [0.25, 0.3) is 0 Å². The number of aryl methyl sites for hydroxylation is 1. The molecule has 0 aliphatic heterocycles. The Labute approximate surface area is 340 Å². The van der Waals surface area contributed by atoms with Gasteiger partial charge in [-0.1, -0.05) is 109 Å². The highest BCUT2D eigenvalue weighted by molar-refractivity contribution is 6.11. The van der Waals surface area contributed by atoms with Crippen LogP contribution in [-0.4, -0.2) is 6.04 Å². The van der Waals surface area contributed by atoms with Crippen LogP contribution < -0.4 is 4.90 Å². The van der Waals surface area contributed by atoms with E-state index in [0.717, 1.165) is 69.1 Å². The van der Waals surface area contributed by atoms with Crippen LogP contribution in [0.5, 0.6) is 0 Å². The van der Waals surface area contributed by atoms with Crippen molar-refractivity contribution < 1.29 is 4.42 Å². The van der Waals surface area contributed by atoms with E-state index in [4.69, 9.17) is 4.42 Å². The third-order valence-electron chi connectivity index (χ3n) is 13.5. The third-order valence-corrected chi connectivity index (χ3v) is 13.5. The summed E-state index contributed by atoms with van der Waals surface area (Å²) < 4.78 is 6.24. The Morgan fingerprint density at radius 3 is 1.84 bits per heavy atom. The molecule has 1 atom stereocenters. The summed E-state index contributed by atoms with van der Waals surface area (Å²) in [4.78, 5) is 2.55. The van der Waals surface area contributed by atoms with Gasteiger partial charge in [-0.2, -0.15) is 0 Å². The van der Waals surface area contributed by atoms with Gasteiger partial charge in [0.1, 0.15) is 11.3 Å². The highest BCUT2D eigenvalue weighted by Crippen LogP contribution is 2.49. The minimum atomic E-state index is 0.194. The Bertz CT molecular complexity index is 2930. The fourth-order valence-electron chi connectivity index (χ4n) is 10.9. The lowest BCUT2D eigenvalue weighted by molar-refractivity contribution is 0.595. The van der Waals surface area contributed by atoms with Gasteiger partial charge in [-0.25, -0.2) is 0 Å². The van der Waals surface area contributed by atoms with Crippen LogP contribution in [0.4, 0.5) is 11.4 Å². The second-order valence-corrected chi connectivity index (χ2v) is 16.7. The van der Waals surface area contributed by atoms with Gasteiger partial charge >= 0.3 is 0 Å². The van der Waals surface area contributed by atoms with Crippen molar-refractivity contribution in [2.75, 3.05) is 4.90 Å². The molecular formula is C56H45NO. The van der Waals surface area contributed by atoms with Crippen molar-refractivity contribution in [3.63, 3.8) is 0 Å². The molecule has 0 fully saturated rings. The summed E-state index contributed by atoms with van der Waals surface area (Å²) in [5.41, 5.74) is 22.1. The fraction of sp³-hybridized carbons (Fsp3) is 0.179. The molecule has 1 aromatic heterocycles. The van der Waals surface area contributed by atoms with Gasteiger partial charge in [0, 0.05) is 22.3 Å². The summed E-state index contributed by atoms with van der Waals surface area (Å²) in [7, 11) is 0. The lowest BCUT2D eigenvalue weighted by Gasteiger charge is -2.37. The van der Waals surface area contributed by atoms with Crippen molar-refractivity contribution in [1.29, 1.82) is 0 Å². The summed E-state index contributed by atoms with van der Waals surface area (Å²) in [6, 6.07) is 38.2. The summed E-state index contributed by atoms with van der Waals surface area (Å²) in [6.45, 7) is 0. The molecule has 1 unspecified atom stereocenters. The summed E-state index contributed by atoms with van der Waals surface area (Å²) in [6.07, 6.45) is 31.4. The average molecular weight is 748 g/mol. The zero-order valence-electron chi connectivity index (χ0n) is 32.8. The van der Waals surface area contributed by atoms with E-state index in [0.29, 0.717) is 0 Å². The first-order valence-electron chi connectivity index (χ1n) is 21.4. The molecule has 7 aromatic rings. The molecule has 6 aromatic carbocycles. The number of benzene rings is 6. The highest BCUT2D eigenvalue weighted by Gasteiger charge is 2.32. The van der Waals surface area contributed by atoms with Crippen LogP contribution >= 0.6 is 0 Å². The van der Waals surface area contributed by atoms with Gasteiger partial charge in [0.05, 0.1) is 6.04 Å². The number of para-hydroxylation sites is 2. The molecule has 0 saturated carbocycles. The van der Waals surface area contributed by atoms with Crippen molar-refractivity contribution in [1.82, 2.24) is 0 Å². The minimum absolute atomic E-state index is 0.194. The van der Waals surface area contributed by atoms with Crippen LogP contribution in [0.2, 0.25) is 0 Å². The molecule has 5 aliphatic rings. The first kappa shape index (κ1) is 33.7. The van der Waals surface area contributed by atoms with Crippen molar-refractivity contribution in [3.8, 4) is 11.1 Å². The molecule has 0 amide bonds. The molecule has 2 nitrogen and oxygen atoms in total. The molecule has 58 heavy (non-hydrogen) atoms. The quantitative estimate of drug-likeness (QED) is 0.174. The third kappa shape index (κ3) is 5.38. The summed E-state index contributed by atoms with van der Waals surface area (Å²) in [5.74, 6) is 1.02. The van der Waals surface area contributed by atoms with Gasteiger partial charge in [0.15, 0.2) is 0 Å². The molecule has 0 bridgehead atoms. The molecule has 0 spiro atoms. The van der Waals surface area contributed by atoms with Crippen LogP contribution in [-0.2, 0) is 32.1 Å². The van der Waals surface area contributed by atoms with E-state index < -0.39 is 0 Å². The van der Waals surface area contributed by atoms with Gasteiger partial charge < -0.3 is 9.32 Å². The largest absolute Gasteiger partial charge is 0.456 e. The molecular weight excluding hydrogens is 703 g/mol. The zero-order valence-corrected chi connectivity index (χ0v) is 32.8. The van der Waals surface area contributed by atoms with Crippen LogP contribution in [0.3, 0.4) is 0 Å². The Kier molecular flexibility index (Phi) is 7.93. The van der Waals surface area contributed by atoms with Gasteiger partial charge in [0.2, 0.25) is 0 Å². The second kappa shape index (κ2) is 13.6. The van der Waals surface area contributed by atoms with Crippen molar-refractivity contribution >= 4 is 69.1 Å². The van der Waals surface area contributed by atoms with Crippen LogP contribution in [0.15, 0.2) is 132 Å². The number of furan rings is 1. The second-order valence-electron chi connectivity index (χ2n) is 16.7. The summed E-state index contributed by atoms with van der Waals surface area (Å²) >= 11 is 0. The van der Waals surface area contributed by atoms with E-state index in [-0.39, 0.29) is 6.04 Å². The van der Waals surface area contributed by atoms with Crippen molar-refractivity contribution in [3.05, 3.63) is 189 Å². The maximum atomic E-state index is 6.24. The number of hydrogen-bond donors (Lipinski definition) is 0. The zero-order chi connectivity index (χ0) is 38.2. The van der Waals surface area contributed by atoms with E-state index in [9.17, 15) is 0 Å². The SMILES string of the molecule is C1=Cc2c(c3c(c4c5c(c6c(c24)C=C(c2cccc(-c4ccc7oc8c(c7c4)CCC=C8)c2)CC6)CC(N(c2ccccc2)c2ccccc2)C=C5)C=CCC3)CC1. The van der Waals surface area contributed by atoms with Crippen LogP contribution in [0, 0.1) is 0 Å². The minimum Gasteiger partial charge on any atom is -0.456 e. The summed E-state index contributed by atoms with van der Waals surface area (Å²) in [5, 5.41) is 4.18. The van der Waals surface area contributed by atoms with E-state index in [1.165, 1.54) is 83.2 Å². The fourth-order valence-corrected chi connectivity index (χ4v) is 10.9. The highest BCUT2D eigenvalue weighted by atomic mass is 16.3. The monoisotopic (exact) mass is 747 g/mol. The van der Waals surface area contributed by atoms with Gasteiger partial charge in [-0.15, -0.1) is 0 Å². The van der Waals surface area contributed by atoms with Crippen LogP contribution in [0.1, 0.15) is 87.1 Å². The normalized spacial score (nSPS) is 17.4. The molecule has 280 valence electrons. The lowest BCUT2D eigenvalue weighted by Crippen LogP contribution is -2.33. The maximum Gasteiger partial charge on any atom is 0.135 e. The van der Waals surface area contributed by atoms with E-state index in [1.54, 1.807) is 16.7 Å². The van der Waals surface area contributed by atoms with Crippen molar-refractivity contribution in [2.24, 2.45) is 0 Å². The van der Waals surface area contributed by atoms with E-state index in [2.05, 4.69) is 163 Å². The molecule has 0 N–H and O–H groups in total. The topological polar surface area (TPSA) is 16.4 Å². The van der Waals surface area contributed by atoms with Crippen LogP contribution in [0.25, 0.3) is 68.8 Å². The van der Waals surface area contributed by atoms with E-state index in [1.807, 2.05) is 0 Å². The molecule has 2 heteroatoms. The Morgan fingerprint density at radius 2 is 1.10 bits per heavy atom. The smallest absolute Gasteiger partial charge is 0.135 e. The predicted octanol–water partition coefficient (Wildman–Crippen LogP) is 14.4.